The van der Waals surface area contributed by atoms with Gasteiger partial charge in [0, 0.05) is 47.9 Å². The standard InChI is InChI=1S/C30H21F3N6O2/c1-17-6-9-38(16-17)21-11-20(30(31,32)33)12-22(13-21)39-27(40)23-10-18(2)26(14-24(23)28(39)41)37-29-35-8-5-25(36-29)19-4-3-7-34-15-19/h3-16H,1-2H3,(H,35,36,37). The number of nitrogens with one attached hydrogen (secondary N) is 1. The van der Waals surface area contributed by atoms with Crippen molar-refractivity contribution >= 4 is 29.1 Å². The Balaban J connectivity index is 1.36. The van der Waals surface area contributed by atoms with E-state index in [-0.39, 0.29) is 28.5 Å². The van der Waals surface area contributed by atoms with Gasteiger partial charge in [-0.3, -0.25) is 14.6 Å². The van der Waals surface area contributed by atoms with Gasteiger partial charge in [-0.1, -0.05) is 0 Å². The van der Waals surface area contributed by atoms with Crippen molar-refractivity contribution in [1.29, 1.82) is 0 Å². The van der Waals surface area contributed by atoms with E-state index in [2.05, 4.69) is 20.3 Å². The number of rotatable bonds is 5. The first-order chi connectivity index (χ1) is 19.6. The van der Waals surface area contributed by atoms with Gasteiger partial charge in [0.1, 0.15) is 0 Å². The number of imide groups is 1. The number of amides is 2. The highest BCUT2D eigenvalue weighted by molar-refractivity contribution is 6.34. The average molecular weight is 555 g/mol. The van der Waals surface area contributed by atoms with Crippen LogP contribution in [0.1, 0.15) is 37.4 Å². The number of hydrogen-bond donors (Lipinski definition) is 1. The molecule has 2 aromatic carbocycles. The molecular weight excluding hydrogens is 533 g/mol. The van der Waals surface area contributed by atoms with E-state index in [0.29, 0.717) is 16.9 Å². The lowest BCUT2D eigenvalue weighted by molar-refractivity contribution is -0.137. The molecule has 0 bridgehead atoms. The molecule has 0 unspecified atom stereocenters. The lowest BCUT2D eigenvalue weighted by Crippen LogP contribution is -2.29. The fourth-order valence-electron chi connectivity index (χ4n) is 4.68. The summed E-state index contributed by atoms with van der Waals surface area (Å²) < 4.78 is 43.0. The number of benzene rings is 2. The monoisotopic (exact) mass is 554 g/mol. The highest BCUT2D eigenvalue weighted by Crippen LogP contribution is 2.38. The number of nitrogens with zero attached hydrogens (tertiary/aromatic N) is 5. The third-order valence-electron chi connectivity index (χ3n) is 6.72. The fraction of sp³-hybridized carbons (Fsp3) is 0.100. The molecule has 1 aliphatic rings. The van der Waals surface area contributed by atoms with Gasteiger partial charge in [0.15, 0.2) is 0 Å². The van der Waals surface area contributed by atoms with Gasteiger partial charge in [0.2, 0.25) is 5.95 Å². The van der Waals surface area contributed by atoms with E-state index in [1.807, 2.05) is 13.0 Å². The predicted octanol–water partition coefficient (Wildman–Crippen LogP) is 6.51. The normalized spacial score (nSPS) is 13.0. The Morgan fingerprint density at radius 2 is 1.63 bits per heavy atom. The molecule has 2 amide bonds. The number of aryl methyl sites for hydroxylation is 2. The van der Waals surface area contributed by atoms with Gasteiger partial charge in [-0.15, -0.1) is 0 Å². The third-order valence-corrected chi connectivity index (χ3v) is 6.72. The molecule has 1 aliphatic heterocycles. The molecule has 5 aromatic rings. The molecule has 0 aliphatic carbocycles. The number of carbonyl (C=O) groups excluding carboxylic acids is 2. The largest absolute Gasteiger partial charge is 0.416 e. The molecular formula is C30H21F3N6O2. The molecule has 8 nitrogen and oxygen atoms in total. The van der Waals surface area contributed by atoms with E-state index in [0.717, 1.165) is 28.2 Å². The fourth-order valence-corrected chi connectivity index (χ4v) is 4.68. The molecule has 0 radical (unpaired) electrons. The van der Waals surface area contributed by atoms with Crippen molar-refractivity contribution < 1.29 is 22.8 Å². The van der Waals surface area contributed by atoms with Crippen LogP contribution in [0, 0.1) is 13.8 Å². The molecule has 0 fully saturated rings. The Morgan fingerprint density at radius 3 is 2.32 bits per heavy atom. The Bertz CT molecular complexity index is 1830. The third kappa shape index (κ3) is 4.82. The Hall–Kier alpha value is -5.32. The van der Waals surface area contributed by atoms with E-state index >= 15 is 0 Å². The van der Waals surface area contributed by atoms with Crippen LogP contribution in [0.3, 0.4) is 0 Å². The SMILES string of the molecule is Cc1ccn(-c2cc(N3C(=O)c4cc(C)c(Nc5nccc(-c6cccnc6)n5)cc4C3=O)cc(C(F)(F)F)c2)c1. The quantitative estimate of drug-likeness (QED) is 0.249. The summed E-state index contributed by atoms with van der Waals surface area (Å²) in [5.41, 5.74) is 2.53. The highest BCUT2D eigenvalue weighted by Gasteiger charge is 2.39. The maximum Gasteiger partial charge on any atom is 0.416 e. The second kappa shape index (κ2) is 9.70. The van der Waals surface area contributed by atoms with Crippen LogP contribution < -0.4 is 10.2 Å². The van der Waals surface area contributed by atoms with E-state index in [9.17, 15) is 22.8 Å². The number of halogens is 3. The molecule has 0 atom stereocenters. The van der Waals surface area contributed by atoms with Gasteiger partial charge in [-0.25, -0.2) is 14.9 Å². The number of pyridine rings is 1. The van der Waals surface area contributed by atoms with E-state index in [1.165, 1.54) is 22.8 Å². The van der Waals surface area contributed by atoms with Crippen molar-refractivity contribution in [3.8, 4) is 16.9 Å². The number of carbonyl (C=O) groups is 2. The molecule has 0 saturated carbocycles. The molecule has 0 saturated heterocycles. The summed E-state index contributed by atoms with van der Waals surface area (Å²) in [6, 6.07) is 13.3. The molecule has 1 N–H and O–H groups in total. The van der Waals surface area contributed by atoms with Crippen molar-refractivity contribution in [2.45, 2.75) is 20.0 Å². The molecule has 11 heteroatoms. The van der Waals surface area contributed by atoms with E-state index in [1.54, 1.807) is 56.1 Å². The maximum atomic E-state index is 13.8. The average Bonchev–Trinajstić information content (AvgIpc) is 3.49. The van der Waals surface area contributed by atoms with Gasteiger partial charge in [-0.05, 0) is 79.6 Å². The number of aromatic nitrogens is 4. The summed E-state index contributed by atoms with van der Waals surface area (Å²) >= 11 is 0. The summed E-state index contributed by atoms with van der Waals surface area (Å²) in [7, 11) is 0. The lowest BCUT2D eigenvalue weighted by Gasteiger charge is -2.18. The number of alkyl halides is 3. The van der Waals surface area contributed by atoms with E-state index < -0.39 is 23.6 Å². The molecule has 41 heavy (non-hydrogen) atoms. The van der Waals surface area contributed by atoms with Crippen LogP contribution in [0.4, 0.5) is 30.5 Å². The zero-order valence-corrected chi connectivity index (χ0v) is 21.8. The molecule has 4 heterocycles. The first kappa shape index (κ1) is 25.9. The van der Waals surface area contributed by atoms with Crippen LogP contribution in [-0.4, -0.2) is 31.3 Å². The van der Waals surface area contributed by atoms with Crippen molar-refractivity contribution in [3.05, 3.63) is 113 Å². The van der Waals surface area contributed by atoms with Gasteiger partial charge in [-0.2, -0.15) is 13.2 Å². The first-order valence-electron chi connectivity index (χ1n) is 12.5. The smallest absolute Gasteiger partial charge is 0.324 e. The van der Waals surface area contributed by atoms with E-state index in [4.69, 9.17) is 0 Å². The molecule has 3 aromatic heterocycles. The Labute approximate surface area is 232 Å². The topological polar surface area (TPSA) is 93.0 Å². The van der Waals surface area contributed by atoms with Crippen LogP contribution in [-0.2, 0) is 6.18 Å². The Morgan fingerprint density at radius 1 is 0.878 bits per heavy atom. The van der Waals surface area contributed by atoms with Crippen molar-refractivity contribution in [1.82, 2.24) is 19.5 Å². The van der Waals surface area contributed by atoms with Crippen molar-refractivity contribution in [3.63, 3.8) is 0 Å². The number of fused-ring (bicyclic) bond motifs is 1. The molecule has 204 valence electrons. The summed E-state index contributed by atoms with van der Waals surface area (Å²) in [6.45, 7) is 3.55. The van der Waals surface area contributed by atoms with Crippen LogP contribution in [0.15, 0.2) is 85.6 Å². The van der Waals surface area contributed by atoms with Gasteiger partial charge >= 0.3 is 6.18 Å². The molecule has 6 rings (SSSR count). The molecule has 0 spiro atoms. The summed E-state index contributed by atoms with van der Waals surface area (Å²) in [4.78, 5) is 40.6. The van der Waals surface area contributed by atoms with Crippen molar-refractivity contribution in [2.24, 2.45) is 0 Å². The van der Waals surface area contributed by atoms with Crippen LogP contribution >= 0.6 is 0 Å². The number of hydrogen-bond acceptors (Lipinski definition) is 6. The predicted molar refractivity (Wildman–Crippen MR) is 146 cm³/mol. The van der Waals surface area contributed by atoms with Crippen LogP contribution in [0.25, 0.3) is 16.9 Å². The second-order valence-corrected chi connectivity index (χ2v) is 9.62. The second-order valence-electron chi connectivity index (χ2n) is 9.62. The summed E-state index contributed by atoms with van der Waals surface area (Å²) in [6.07, 6.45) is 3.49. The minimum atomic E-state index is -4.69. The summed E-state index contributed by atoms with van der Waals surface area (Å²) in [5.74, 6) is -1.18. The Kier molecular flexibility index (Phi) is 6.14. The minimum absolute atomic E-state index is 0.0577. The van der Waals surface area contributed by atoms with Crippen LogP contribution in [0.2, 0.25) is 0 Å². The van der Waals surface area contributed by atoms with Gasteiger partial charge in [0.25, 0.3) is 11.8 Å². The first-order valence-corrected chi connectivity index (χ1v) is 12.5. The minimum Gasteiger partial charge on any atom is -0.324 e. The van der Waals surface area contributed by atoms with Crippen LogP contribution in [0.5, 0.6) is 0 Å². The lowest BCUT2D eigenvalue weighted by atomic mass is 10.0. The highest BCUT2D eigenvalue weighted by atomic mass is 19.4. The van der Waals surface area contributed by atoms with Gasteiger partial charge in [0.05, 0.1) is 28.1 Å². The zero-order valence-electron chi connectivity index (χ0n) is 21.8. The number of anilines is 3. The van der Waals surface area contributed by atoms with Crippen molar-refractivity contribution in [2.75, 3.05) is 10.2 Å². The summed E-state index contributed by atoms with van der Waals surface area (Å²) in [5, 5.41) is 3.09. The maximum absolute atomic E-state index is 13.8. The van der Waals surface area contributed by atoms with Gasteiger partial charge < -0.3 is 9.88 Å². The zero-order chi connectivity index (χ0) is 28.9.